The van der Waals surface area contributed by atoms with Crippen molar-refractivity contribution in [3.63, 3.8) is 0 Å². The minimum atomic E-state index is -1.24. The molecule has 3 unspecified atom stereocenters. The Labute approximate surface area is 408 Å². The number of benzene rings is 5. The van der Waals surface area contributed by atoms with Gasteiger partial charge in [-0.15, -0.1) is 11.8 Å². The molecule has 6 amide bonds. The van der Waals surface area contributed by atoms with Crippen LogP contribution in [0.15, 0.2) is 146 Å². The van der Waals surface area contributed by atoms with Crippen LogP contribution in [0.5, 0.6) is 5.75 Å². The molecule has 0 spiro atoms. The van der Waals surface area contributed by atoms with E-state index in [1.165, 1.54) is 23.9 Å². The Balaban J connectivity index is 1.32. The van der Waals surface area contributed by atoms with Gasteiger partial charge in [0.1, 0.15) is 35.1 Å². The van der Waals surface area contributed by atoms with E-state index in [1.807, 2.05) is 97.1 Å². The first-order valence-corrected chi connectivity index (χ1v) is 23.6. The van der Waals surface area contributed by atoms with E-state index in [0.29, 0.717) is 11.3 Å². The minimum absolute atomic E-state index is 0.0212. The van der Waals surface area contributed by atoms with Crippen LogP contribution in [0, 0.1) is 0 Å². The van der Waals surface area contributed by atoms with Gasteiger partial charge >= 0.3 is 18.3 Å². The van der Waals surface area contributed by atoms with Gasteiger partial charge in [-0.05, 0) is 101 Å². The summed E-state index contributed by atoms with van der Waals surface area (Å²) in [7, 11) is 0. The summed E-state index contributed by atoms with van der Waals surface area (Å²) < 4.78 is 15.5. The second-order valence-electron chi connectivity index (χ2n) is 18.1. The molecule has 0 aliphatic heterocycles. The molecule has 16 heteroatoms. The number of carbonyl (C=O) groups excluding carboxylic acids is 6. The van der Waals surface area contributed by atoms with E-state index < -0.39 is 70.1 Å². The van der Waals surface area contributed by atoms with E-state index in [2.05, 4.69) is 26.6 Å². The zero-order valence-electron chi connectivity index (χ0n) is 39.8. The molecular weight excluding hydrogens is 897 g/mol. The summed E-state index contributed by atoms with van der Waals surface area (Å²) in [6.07, 6.45) is -2.09. The van der Waals surface area contributed by atoms with Gasteiger partial charge in [-0.25, -0.2) is 14.4 Å². The Bertz CT molecular complexity index is 2370. The smallest absolute Gasteiger partial charge is 0.413 e. The minimum Gasteiger partial charge on any atom is -0.444 e. The van der Waals surface area contributed by atoms with Crippen molar-refractivity contribution in [2.45, 2.75) is 94.9 Å². The zero-order valence-corrected chi connectivity index (χ0v) is 40.6. The van der Waals surface area contributed by atoms with Gasteiger partial charge in [-0.1, -0.05) is 121 Å². The number of alkyl carbamates (subject to hydrolysis) is 2. The van der Waals surface area contributed by atoms with Gasteiger partial charge in [-0.3, -0.25) is 14.4 Å². The predicted molar refractivity (Wildman–Crippen MR) is 268 cm³/mol. The third-order valence-corrected chi connectivity index (χ3v) is 11.9. The first-order chi connectivity index (χ1) is 32.8. The number of amides is 6. The average Bonchev–Trinajstić information content (AvgIpc) is 3.30. The Morgan fingerprint density at radius 3 is 1.52 bits per heavy atom. The first-order valence-electron chi connectivity index (χ1n) is 22.6. The van der Waals surface area contributed by atoms with Crippen molar-refractivity contribution in [1.82, 2.24) is 21.3 Å². The quantitative estimate of drug-likeness (QED) is 0.0325. The number of primary amides is 1. The van der Waals surface area contributed by atoms with Crippen molar-refractivity contribution >= 4 is 53.5 Å². The summed E-state index contributed by atoms with van der Waals surface area (Å²) in [5.41, 5.74) is 8.45. The highest BCUT2D eigenvalue weighted by molar-refractivity contribution is 8.00. The molecule has 364 valence electrons. The summed E-state index contributed by atoms with van der Waals surface area (Å²) in [5.74, 6) is -1.81. The molecule has 0 fully saturated rings. The SMILES string of the molecule is CC(C)(C)OC(=O)NCCCC(NC(=O)Oc1ccc(CC(NC(=O)OC(C)(C)C)C(=O)Nc2ccccc2)cc1)C(=O)NC(CSC(c1ccccc1)(c1ccccc1)c1ccccc1)C(N)=O. The second-order valence-corrected chi connectivity index (χ2v) is 19.3. The number of hydrogen-bond donors (Lipinski definition) is 6. The maximum atomic E-state index is 14.2. The van der Waals surface area contributed by atoms with Crippen molar-refractivity contribution in [3.05, 3.63) is 168 Å². The van der Waals surface area contributed by atoms with Crippen molar-refractivity contribution < 1.29 is 43.0 Å². The number of hydrogen-bond acceptors (Lipinski definition) is 10. The summed E-state index contributed by atoms with van der Waals surface area (Å²) >= 11 is 1.44. The second kappa shape index (κ2) is 24.6. The highest BCUT2D eigenvalue weighted by atomic mass is 32.2. The van der Waals surface area contributed by atoms with Crippen molar-refractivity contribution in [1.29, 1.82) is 0 Å². The normalized spacial score (nSPS) is 12.8. The molecule has 0 heterocycles. The highest BCUT2D eigenvalue weighted by Gasteiger charge is 2.39. The fraction of sp³-hybridized carbons (Fsp3) is 0.321. The third-order valence-electron chi connectivity index (χ3n) is 10.2. The van der Waals surface area contributed by atoms with Crippen LogP contribution in [0.2, 0.25) is 0 Å². The van der Waals surface area contributed by atoms with Crippen LogP contribution >= 0.6 is 11.8 Å². The van der Waals surface area contributed by atoms with Gasteiger partial charge in [-0.2, -0.15) is 0 Å². The molecule has 69 heavy (non-hydrogen) atoms. The molecule has 0 radical (unpaired) electrons. The lowest BCUT2D eigenvalue weighted by Gasteiger charge is -2.36. The van der Waals surface area contributed by atoms with E-state index in [4.69, 9.17) is 19.9 Å². The fourth-order valence-electron chi connectivity index (χ4n) is 7.14. The molecule has 0 saturated carbocycles. The van der Waals surface area contributed by atoms with Gasteiger partial charge in [0.05, 0.1) is 4.75 Å². The summed E-state index contributed by atoms with van der Waals surface area (Å²) in [5, 5.41) is 13.5. The lowest BCUT2D eigenvalue weighted by Crippen LogP contribution is -2.54. The van der Waals surface area contributed by atoms with Gasteiger partial charge in [0, 0.05) is 24.4 Å². The van der Waals surface area contributed by atoms with Gasteiger partial charge in [0.25, 0.3) is 0 Å². The van der Waals surface area contributed by atoms with Crippen LogP contribution in [-0.2, 0) is 35.0 Å². The van der Waals surface area contributed by atoms with Crippen molar-refractivity contribution in [2.75, 3.05) is 17.6 Å². The van der Waals surface area contributed by atoms with Gasteiger partial charge < -0.3 is 46.5 Å². The molecule has 5 aromatic rings. The lowest BCUT2D eigenvalue weighted by molar-refractivity contribution is -0.128. The van der Waals surface area contributed by atoms with Crippen LogP contribution in [0.3, 0.4) is 0 Å². The molecule has 3 atom stereocenters. The Kier molecular flexibility index (Phi) is 18.8. The number of ether oxygens (including phenoxy) is 3. The van der Waals surface area contributed by atoms with Gasteiger partial charge in [0.2, 0.25) is 17.7 Å². The summed E-state index contributed by atoms with van der Waals surface area (Å²) in [6.45, 7) is 10.5. The molecule has 0 bridgehead atoms. The van der Waals surface area contributed by atoms with E-state index in [0.717, 1.165) is 16.7 Å². The number of thioether (sulfide) groups is 1. The van der Waals surface area contributed by atoms with Crippen LogP contribution in [0.4, 0.5) is 20.1 Å². The number of nitrogens with two attached hydrogens (primary N) is 1. The van der Waals surface area contributed by atoms with Crippen LogP contribution < -0.4 is 37.1 Å². The maximum Gasteiger partial charge on any atom is 0.413 e. The summed E-state index contributed by atoms with van der Waals surface area (Å²) in [6, 6.07) is 41.2. The van der Waals surface area contributed by atoms with E-state index in [1.54, 1.807) is 77.9 Å². The highest BCUT2D eigenvalue weighted by Crippen LogP contribution is 2.48. The molecule has 5 rings (SSSR count). The monoisotopic (exact) mass is 958 g/mol. The molecule has 0 aromatic heterocycles. The molecule has 0 aliphatic rings. The number of rotatable bonds is 20. The molecule has 15 nitrogen and oxygen atoms in total. The number of nitrogens with one attached hydrogen (secondary N) is 5. The molecule has 0 aliphatic carbocycles. The standard InChI is InChI=1S/C53H62N6O9S/c1-51(2,3)67-48(63)55-33-19-28-42(46(61)57-44(45(54)60)35-69-53(37-20-11-7-12-21-37,38-22-13-8-14-23-38)39-24-15-9-16-25-39)58-49(64)66-41-31-29-36(30-32-41)34-43(59-50(65)68-52(4,5)6)47(62)56-40-26-17-10-18-27-40/h7-18,20-27,29-32,42-44H,19,28,33-35H2,1-6H3,(H2,54,60)(H,55,63)(H,56,62)(H,57,61)(H,58,64)(H,59,65). The molecular formula is C53H62N6O9S. The average molecular weight is 959 g/mol. The Morgan fingerprint density at radius 1 is 0.551 bits per heavy atom. The van der Waals surface area contributed by atoms with Crippen LogP contribution in [-0.4, -0.2) is 77.6 Å². The summed E-state index contributed by atoms with van der Waals surface area (Å²) in [4.78, 5) is 79.4. The van der Waals surface area contributed by atoms with Crippen LogP contribution in [0.1, 0.15) is 76.6 Å². The van der Waals surface area contributed by atoms with E-state index in [-0.39, 0.29) is 37.3 Å². The van der Waals surface area contributed by atoms with Gasteiger partial charge in [0.15, 0.2) is 0 Å². The maximum absolute atomic E-state index is 14.2. The molecule has 7 N–H and O–H groups in total. The predicted octanol–water partition coefficient (Wildman–Crippen LogP) is 8.22. The van der Waals surface area contributed by atoms with E-state index in [9.17, 15) is 28.8 Å². The number of anilines is 1. The zero-order chi connectivity index (χ0) is 50.0. The third kappa shape index (κ3) is 16.7. The molecule has 0 saturated heterocycles. The number of para-hydroxylation sites is 1. The topological polar surface area (TPSA) is 216 Å². The van der Waals surface area contributed by atoms with Crippen LogP contribution in [0.25, 0.3) is 0 Å². The van der Waals surface area contributed by atoms with Crippen molar-refractivity contribution in [2.24, 2.45) is 5.73 Å². The fourth-order valence-corrected chi connectivity index (χ4v) is 8.71. The van der Waals surface area contributed by atoms with E-state index >= 15 is 0 Å². The Hall–Kier alpha value is -7.33. The largest absolute Gasteiger partial charge is 0.444 e. The Morgan fingerprint density at radius 2 is 1.03 bits per heavy atom. The lowest BCUT2D eigenvalue weighted by atomic mass is 9.84. The van der Waals surface area contributed by atoms with Crippen molar-refractivity contribution in [3.8, 4) is 5.75 Å². The first kappa shape index (κ1) is 52.6. The number of carbonyl (C=O) groups is 6. The molecule has 5 aromatic carbocycles.